The maximum atomic E-state index is 11.9. The van der Waals surface area contributed by atoms with Crippen LogP contribution in [0.15, 0.2) is 28.7 Å². The Labute approximate surface area is 127 Å². The number of hydrogen-bond acceptors (Lipinski definition) is 3. The van der Waals surface area contributed by atoms with E-state index in [9.17, 15) is 9.59 Å². The first-order valence-corrected chi connectivity index (χ1v) is 7.23. The number of benzene rings is 1. The summed E-state index contributed by atoms with van der Waals surface area (Å²) < 4.78 is 6.44. The molecule has 2 atom stereocenters. The van der Waals surface area contributed by atoms with Gasteiger partial charge in [0.2, 0.25) is 5.91 Å². The van der Waals surface area contributed by atoms with Crippen molar-refractivity contribution < 1.29 is 14.3 Å². The average molecular weight is 343 g/mol. The minimum absolute atomic E-state index is 0.211. The number of halogens is 1. The number of nitrogens with one attached hydrogen (secondary N) is 2. The molecule has 2 amide bonds. The number of amides is 2. The van der Waals surface area contributed by atoms with Gasteiger partial charge in [-0.25, -0.2) is 0 Å². The second-order valence-corrected chi connectivity index (χ2v) is 5.25. The molecule has 6 heteroatoms. The van der Waals surface area contributed by atoms with Gasteiger partial charge in [0.05, 0.1) is 0 Å². The van der Waals surface area contributed by atoms with Crippen molar-refractivity contribution in [1.29, 1.82) is 0 Å². The zero-order valence-corrected chi connectivity index (χ0v) is 13.4. The SMILES string of the molecule is CCNC(=O)[C@H](C)NC(=O)[C@@H](C)Oc1ccc(Br)cc1. The molecular weight excluding hydrogens is 324 g/mol. The molecule has 0 aliphatic rings. The maximum absolute atomic E-state index is 11.9. The fourth-order valence-electron chi connectivity index (χ4n) is 1.49. The van der Waals surface area contributed by atoms with Crippen molar-refractivity contribution in [3.63, 3.8) is 0 Å². The molecule has 0 radical (unpaired) electrons. The highest BCUT2D eigenvalue weighted by molar-refractivity contribution is 9.10. The lowest BCUT2D eigenvalue weighted by molar-refractivity contribution is -0.132. The van der Waals surface area contributed by atoms with Crippen LogP contribution in [0.5, 0.6) is 5.75 Å². The molecule has 0 spiro atoms. The van der Waals surface area contributed by atoms with Gasteiger partial charge in [0, 0.05) is 11.0 Å². The largest absolute Gasteiger partial charge is 0.481 e. The number of carbonyl (C=O) groups is 2. The van der Waals surface area contributed by atoms with Gasteiger partial charge >= 0.3 is 0 Å². The second-order valence-electron chi connectivity index (χ2n) is 4.34. The summed E-state index contributed by atoms with van der Waals surface area (Å²) in [5.41, 5.74) is 0. The average Bonchev–Trinajstić information content (AvgIpc) is 2.41. The highest BCUT2D eigenvalue weighted by Crippen LogP contribution is 2.17. The molecule has 0 saturated carbocycles. The van der Waals surface area contributed by atoms with E-state index >= 15 is 0 Å². The van der Waals surface area contributed by atoms with E-state index in [0.717, 1.165) is 4.47 Å². The minimum Gasteiger partial charge on any atom is -0.481 e. The van der Waals surface area contributed by atoms with E-state index in [0.29, 0.717) is 12.3 Å². The van der Waals surface area contributed by atoms with E-state index in [-0.39, 0.29) is 11.8 Å². The third-order valence-corrected chi connectivity index (χ3v) is 3.13. The number of carbonyl (C=O) groups excluding carboxylic acids is 2. The van der Waals surface area contributed by atoms with Crippen LogP contribution in [0.1, 0.15) is 20.8 Å². The summed E-state index contributed by atoms with van der Waals surface area (Å²) in [5, 5.41) is 5.26. The van der Waals surface area contributed by atoms with Gasteiger partial charge in [-0.15, -0.1) is 0 Å². The summed E-state index contributed by atoms with van der Waals surface area (Å²) in [4.78, 5) is 23.4. The van der Waals surface area contributed by atoms with Crippen molar-refractivity contribution >= 4 is 27.7 Å². The van der Waals surface area contributed by atoms with E-state index in [2.05, 4.69) is 26.6 Å². The molecule has 0 aromatic heterocycles. The van der Waals surface area contributed by atoms with Crippen LogP contribution in [0.3, 0.4) is 0 Å². The van der Waals surface area contributed by atoms with Gasteiger partial charge in [-0.05, 0) is 45.0 Å². The number of ether oxygens (including phenoxy) is 1. The Kier molecular flexibility index (Phi) is 6.51. The molecule has 0 aliphatic heterocycles. The zero-order valence-electron chi connectivity index (χ0n) is 11.8. The second kappa shape index (κ2) is 7.89. The highest BCUT2D eigenvalue weighted by Gasteiger charge is 2.20. The van der Waals surface area contributed by atoms with Gasteiger partial charge in [-0.1, -0.05) is 15.9 Å². The van der Waals surface area contributed by atoms with Crippen LogP contribution in [0, 0.1) is 0 Å². The molecule has 0 heterocycles. The van der Waals surface area contributed by atoms with Crippen molar-refractivity contribution in [3.05, 3.63) is 28.7 Å². The fourth-order valence-corrected chi connectivity index (χ4v) is 1.76. The zero-order chi connectivity index (χ0) is 15.1. The summed E-state index contributed by atoms with van der Waals surface area (Å²) in [6, 6.07) is 6.61. The Bertz CT molecular complexity index is 462. The van der Waals surface area contributed by atoms with Gasteiger partial charge in [0.15, 0.2) is 6.10 Å². The lowest BCUT2D eigenvalue weighted by Crippen LogP contribution is -2.48. The van der Waals surface area contributed by atoms with Gasteiger partial charge in [0.25, 0.3) is 5.91 Å². The summed E-state index contributed by atoms with van der Waals surface area (Å²) >= 11 is 3.32. The van der Waals surface area contributed by atoms with Crippen molar-refractivity contribution in [3.8, 4) is 5.75 Å². The van der Waals surface area contributed by atoms with Crippen molar-refractivity contribution in [2.24, 2.45) is 0 Å². The molecule has 0 fully saturated rings. The predicted octanol–water partition coefficient (Wildman–Crippen LogP) is 1.86. The quantitative estimate of drug-likeness (QED) is 0.829. The number of likely N-dealkylation sites (N-methyl/N-ethyl adjacent to an activating group) is 1. The lowest BCUT2D eigenvalue weighted by Gasteiger charge is -2.18. The number of rotatable bonds is 6. The molecule has 0 bridgehead atoms. The Morgan fingerprint density at radius 2 is 1.80 bits per heavy atom. The molecule has 1 aromatic rings. The molecule has 1 rings (SSSR count). The summed E-state index contributed by atoms with van der Waals surface area (Å²) in [6.45, 7) is 5.63. The van der Waals surface area contributed by atoms with Crippen molar-refractivity contribution in [1.82, 2.24) is 10.6 Å². The first-order valence-electron chi connectivity index (χ1n) is 6.44. The molecule has 1 aromatic carbocycles. The van der Waals surface area contributed by atoms with Crippen LogP contribution in [0.25, 0.3) is 0 Å². The van der Waals surface area contributed by atoms with E-state index in [1.165, 1.54) is 0 Å². The third kappa shape index (κ3) is 5.21. The third-order valence-electron chi connectivity index (χ3n) is 2.60. The number of hydrogen-bond donors (Lipinski definition) is 2. The smallest absolute Gasteiger partial charge is 0.261 e. The first kappa shape index (κ1) is 16.5. The summed E-state index contributed by atoms with van der Waals surface area (Å²) in [7, 11) is 0. The van der Waals surface area contributed by atoms with Crippen molar-refractivity contribution in [2.75, 3.05) is 6.54 Å². The molecule has 0 unspecified atom stereocenters. The molecule has 5 nitrogen and oxygen atoms in total. The Hall–Kier alpha value is -1.56. The minimum atomic E-state index is -0.673. The standard InChI is InChI=1S/C14H19BrN2O3/c1-4-16-13(18)9(2)17-14(19)10(3)20-12-7-5-11(15)6-8-12/h5-10H,4H2,1-3H3,(H,16,18)(H,17,19)/t9-,10+/m0/s1. The Morgan fingerprint density at radius 3 is 2.35 bits per heavy atom. The normalized spacial score (nSPS) is 13.2. The van der Waals surface area contributed by atoms with Crippen LogP contribution in [0.4, 0.5) is 0 Å². The monoisotopic (exact) mass is 342 g/mol. The fraction of sp³-hybridized carbons (Fsp3) is 0.429. The topological polar surface area (TPSA) is 67.4 Å². The first-order chi connectivity index (χ1) is 9.43. The predicted molar refractivity (Wildman–Crippen MR) is 80.5 cm³/mol. The van der Waals surface area contributed by atoms with Crippen LogP contribution in [-0.4, -0.2) is 30.5 Å². The molecule has 2 N–H and O–H groups in total. The van der Waals surface area contributed by atoms with Gasteiger partial charge in [0.1, 0.15) is 11.8 Å². The van der Waals surface area contributed by atoms with E-state index < -0.39 is 12.1 Å². The molecule has 110 valence electrons. The molecule has 0 aliphatic carbocycles. The van der Waals surface area contributed by atoms with Crippen LogP contribution in [-0.2, 0) is 9.59 Å². The molecule has 20 heavy (non-hydrogen) atoms. The van der Waals surface area contributed by atoms with E-state index in [1.807, 2.05) is 19.1 Å². The van der Waals surface area contributed by atoms with Gasteiger partial charge in [-0.3, -0.25) is 9.59 Å². The summed E-state index contributed by atoms with van der Waals surface area (Å²) in [5.74, 6) is 0.0601. The Balaban J connectivity index is 2.50. The van der Waals surface area contributed by atoms with Gasteiger partial charge in [-0.2, -0.15) is 0 Å². The maximum Gasteiger partial charge on any atom is 0.261 e. The van der Waals surface area contributed by atoms with E-state index in [1.54, 1.807) is 26.0 Å². The van der Waals surface area contributed by atoms with Crippen LogP contribution in [0.2, 0.25) is 0 Å². The lowest BCUT2D eigenvalue weighted by atomic mass is 10.2. The van der Waals surface area contributed by atoms with Crippen molar-refractivity contribution in [2.45, 2.75) is 32.9 Å². The molecular formula is C14H19BrN2O3. The highest BCUT2D eigenvalue weighted by atomic mass is 79.9. The summed E-state index contributed by atoms with van der Waals surface area (Å²) in [6.07, 6.45) is -0.673. The Morgan fingerprint density at radius 1 is 1.20 bits per heavy atom. The van der Waals surface area contributed by atoms with E-state index in [4.69, 9.17) is 4.74 Å². The van der Waals surface area contributed by atoms with Crippen LogP contribution >= 0.6 is 15.9 Å². The van der Waals surface area contributed by atoms with Gasteiger partial charge < -0.3 is 15.4 Å². The molecule has 0 saturated heterocycles. The van der Waals surface area contributed by atoms with Crippen LogP contribution < -0.4 is 15.4 Å².